The van der Waals surface area contributed by atoms with E-state index in [1.807, 2.05) is 0 Å². The lowest BCUT2D eigenvalue weighted by Crippen LogP contribution is -2.58. The summed E-state index contributed by atoms with van der Waals surface area (Å²) in [4.78, 5) is 24.8. The minimum absolute atomic E-state index is 0.0707. The van der Waals surface area contributed by atoms with Crippen LogP contribution in [0.4, 0.5) is 0 Å². The van der Waals surface area contributed by atoms with Gasteiger partial charge in [-0.15, -0.1) is 0 Å². The summed E-state index contributed by atoms with van der Waals surface area (Å²) in [6.45, 7) is 2.58. The standard InChI is InChI=1S/C11H18N2O4/c14-10(8-2-1-5-17-7-8)13-4-3-12-6-9(13)11(15)16/h8-9,12H,1-7H2,(H,15,16). The molecule has 17 heavy (non-hydrogen) atoms. The highest BCUT2D eigenvalue weighted by molar-refractivity contribution is 5.85. The highest BCUT2D eigenvalue weighted by atomic mass is 16.5. The molecule has 1 amide bonds. The maximum atomic E-state index is 12.2. The van der Waals surface area contributed by atoms with Crippen molar-refractivity contribution in [2.45, 2.75) is 18.9 Å². The van der Waals surface area contributed by atoms with Crippen LogP contribution in [0, 0.1) is 5.92 Å². The summed E-state index contributed by atoms with van der Waals surface area (Å²) in [5, 5.41) is 12.1. The number of piperazine rings is 1. The number of nitrogens with zero attached hydrogens (tertiary/aromatic N) is 1. The van der Waals surface area contributed by atoms with Crippen molar-refractivity contribution in [3.05, 3.63) is 0 Å². The summed E-state index contributed by atoms with van der Waals surface area (Å²) in [5.41, 5.74) is 0. The van der Waals surface area contributed by atoms with Gasteiger partial charge in [0.25, 0.3) is 0 Å². The van der Waals surface area contributed by atoms with Gasteiger partial charge in [0.15, 0.2) is 0 Å². The zero-order valence-corrected chi connectivity index (χ0v) is 9.72. The summed E-state index contributed by atoms with van der Waals surface area (Å²) in [5.74, 6) is -1.18. The van der Waals surface area contributed by atoms with E-state index in [0.29, 0.717) is 32.8 Å². The van der Waals surface area contributed by atoms with Gasteiger partial charge in [-0.2, -0.15) is 0 Å². The first-order valence-electron chi connectivity index (χ1n) is 6.02. The fourth-order valence-corrected chi connectivity index (χ4v) is 2.36. The lowest BCUT2D eigenvalue weighted by Gasteiger charge is -2.36. The molecule has 2 atom stereocenters. The minimum atomic E-state index is -0.942. The van der Waals surface area contributed by atoms with Gasteiger partial charge in [0, 0.05) is 26.2 Å². The average molecular weight is 242 g/mol. The lowest BCUT2D eigenvalue weighted by molar-refractivity contribution is -0.155. The first-order valence-corrected chi connectivity index (χ1v) is 6.02. The summed E-state index contributed by atoms with van der Waals surface area (Å²) in [6, 6.07) is -0.738. The van der Waals surface area contributed by atoms with Crippen LogP contribution >= 0.6 is 0 Å². The van der Waals surface area contributed by atoms with Gasteiger partial charge in [0.2, 0.25) is 5.91 Å². The van der Waals surface area contributed by atoms with E-state index in [1.54, 1.807) is 0 Å². The van der Waals surface area contributed by atoms with Gasteiger partial charge in [-0.05, 0) is 12.8 Å². The topological polar surface area (TPSA) is 78.9 Å². The van der Waals surface area contributed by atoms with E-state index in [2.05, 4.69) is 5.32 Å². The first kappa shape index (κ1) is 12.3. The molecular weight excluding hydrogens is 224 g/mol. The molecule has 6 nitrogen and oxygen atoms in total. The van der Waals surface area contributed by atoms with Crippen LogP contribution in [-0.2, 0) is 14.3 Å². The fourth-order valence-electron chi connectivity index (χ4n) is 2.36. The molecule has 0 aromatic heterocycles. The molecule has 0 aliphatic carbocycles. The van der Waals surface area contributed by atoms with Crippen LogP contribution in [0.2, 0.25) is 0 Å². The van der Waals surface area contributed by atoms with Crippen molar-refractivity contribution in [1.82, 2.24) is 10.2 Å². The second kappa shape index (κ2) is 5.46. The van der Waals surface area contributed by atoms with Crippen LogP contribution in [0.15, 0.2) is 0 Å². The predicted molar refractivity (Wildman–Crippen MR) is 59.5 cm³/mol. The average Bonchev–Trinajstić information content (AvgIpc) is 2.39. The van der Waals surface area contributed by atoms with Crippen molar-refractivity contribution in [1.29, 1.82) is 0 Å². The Balaban J connectivity index is 2.02. The number of carboxylic acid groups (broad SMARTS) is 1. The molecule has 2 aliphatic heterocycles. The van der Waals surface area contributed by atoms with Crippen molar-refractivity contribution < 1.29 is 19.4 Å². The normalized spacial score (nSPS) is 30.0. The summed E-state index contributed by atoms with van der Waals surface area (Å²) < 4.78 is 5.28. The molecule has 6 heteroatoms. The van der Waals surface area contributed by atoms with Crippen molar-refractivity contribution in [3.8, 4) is 0 Å². The number of hydrogen-bond donors (Lipinski definition) is 2. The van der Waals surface area contributed by atoms with Crippen LogP contribution in [0.3, 0.4) is 0 Å². The number of aliphatic carboxylic acids is 1. The smallest absolute Gasteiger partial charge is 0.327 e. The summed E-state index contributed by atoms with van der Waals surface area (Å²) in [6.07, 6.45) is 1.68. The monoisotopic (exact) mass is 242 g/mol. The van der Waals surface area contributed by atoms with E-state index in [1.165, 1.54) is 4.90 Å². The summed E-state index contributed by atoms with van der Waals surface area (Å²) >= 11 is 0. The lowest BCUT2D eigenvalue weighted by atomic mass is 9.99. The van der Waals surface area contributed by atoms with Crippen molar-refractivity contribution in [2.75, 3.05) is 32.8 Å². The number of hydrogen-bond acceptors (Lipinski definition) is 4. The molecule has 0 aromatic carbocycles. The van der Waals surface area contributed by atoms with Crippen molar-refractivity contribution in [2.24, 2.45) is 5.92 Å². The molecule has 2 unspecified atom stereocenters. The van der Waals surface area contributed by atoms with Crippen molar-refractivity contribution in [3.63, 3.8) is 0 Å². The van der Waals surface area contributed by atoms with E-state index in [4.69, 9.17) is 9.84 Å². The van der Waals surface area contributed by atoms with Crippen LogP contribution in [-0.4, -0.2) is 60.8 Å². The molecule has 2 aliphatic rings. The molecular formula is C11H18N2O4. The van der Waals surface area contributed by atoms with E-state index in [0.717, 1.165) is 12.8 Å². The third-order valence-electron chi connectivity index (χ3n) is 3.32. The molecule has 0 bridgehead atoms. The number of carbonyl (C=O) groups excluding carboxylic acids is 1. The number of carboxylic acids is 1. The Hall–Kier alpha value is -1.14. The van der Waals surface area contributed by atoms with Crippen LogP contribution < -0.4 is 5.32 Å². The summed E-state index contributed by atoms with van der Waals surface area (Å²) in [7, 11) is 0. The Morgan fingerprint density at radius 1 is 1.41 bits per heavy atom. The van der Waals surface area contributed by atoms with E-state index in [-0.39, 0.29) is 11.8 Å². The highest BCUT2D eigenvalue weighted by Crippen LogP contribution is 2.18. The molecule has 2 rings (SSSR count). The zero-order chi connectivity index (χ0) is 12.3. The molecule has 2 fully saturated rings. The van der Waals surface area contributed by atoms with Gasteiger partial charge in [0.05, 0.1) is 12.5 Å². The second-order valence-corrected chi connectivity index (χ2v) is 4.50. The first-order chi connectivity index (χ1) is 8.20. The van der Waals surface area contributed by atoms with Crippen LogP contribution in [0.25, 0.3) is 0 Å². The molecule has 2 heterocycles. The second-order valence-electron chi connectivity index (χ2n) is 4.50. The van der Waals surface area contributed by atoms with E-state index in [9.17, 15) is 9.59 Å². The molecule has 0 saturated carbocycles. The Kier molecular flexibility index (Phi) is 3.96. The Labute approximate surface area is 99.9 Å². The minimum Gasteiger partial charge on any atom is -0.480 e. The molecule has 0 aromatic rings. The van der Waals surface area contributed by atoms with Gasteiger partial charge >= 0.3 is 5.97 Å². The quantitative estimate of drug-likeness (QED) is 0.669. The maximum absolute atomic E-state index is 12.2. The predicted octanol–water partition coefficient (Wildman–Crippen LogP) is -0.702. The Morgan fingerprint density at radius 3 is 2.88 bits per heavy atom. The molecule has 96 valence electrons. The van der Waals surface area contributed by atoms with Gasteiger partial charge in [0.1, 0.15) is 6.04 Å². The number of ether oxygens (including phenoxy) is 1. The van der Waals surface area contributed by atoms with Crippen LogP contribution in [0.5, 0.6) is 0 Å². The number of carbonyl (C=O) groups is 2. The molecule has 2 N–H and O–H groups in total. The SMILES string of the molecule is O=C(O)C1CNCCN1C(=O)C1CCCOC1. The van der Waals surface area contributed by atoms with Crippen LogP contribution in [0.1, 0.15) is 12.8 Å². The van der Waals surface area contributed by atoms with Gasteiger partial charge in [-0.3, -0.25) is 4.79 Å². The van der Waals surface area contributed by atoms with E-state index < -0.39 is 12.0 Å². The van der Waals surface area contributed by atoms with Gasteiger partial charge in [-0.1, -0.05) is 0 Å². The largest absolute Gasteiger partial charge is 0.480 e. The molecule has 2 saturated heterocycles. The highest BCUT2D eigenvalue weighted by Gasteiger charge is 2.35. The third kappa shape index (κ3) is 2.76. The number of rotatable bonds is 2. The molecule has 0 spiro atoms. The van der Waals surface area contributed by atoms with Gasteiger partial charge < -0.3 is 20.1 Å². The zero-order valence-electron chi connectivity index (χ0n) is 9.72. The maximum Gasteiger partial charge on any atom is 0.327 e. The van der Waals surface area contributed by atoms with Gasteiger partial charge in [-0.25, -0.2) is 4.79 Å². The Bertz CT molecular complexity index is 302. The number of nitrogens with one attached hydrogen (secondary N) is 1. The third-order valence-corrected chi connectivity index (χ3v) is 3.32. The van der Waals surface area contributed by atoms with Crippen molar-refractivity contribution >= 4 is 11.9 Å². The Morgan fingerprint density at radius 2 is 2.24 bits per heavy atom. The fraction of sp³-hybridized carbons (Fsp3) is 0.818. The number of amides is 1. The molecule has 0 radical (unpaired) electrons. The van der Waals surface area contributed by atoms with E-state index >= 15 is 0 Å².